The molecule has 1 saturated carbocycles. The van der Waals surface area contributed by atoms with Crippen molar-refractivity contribution in [3.63, 3.8) is 0 Å². The number of rotatable bonds is 4. The summed E-state index contributed by atoms with van der Waals surface area (Å²) >= 11 is 0. The fourth-order valence-electron chi connectivity index (χ4n) is 1.08. The Kier molecular flexibility index (Phi) is 2.55. The molecule has 0 bridgehead atoms. The van der Waals surface area contributed by atoms with E-state index in [-0.39, 0.29) is 5.54 Å². The van der Waals surface area contributed by atoms with Gasteiger partial charge in [0.2, 0.25) is 0 Å². The third-order valence-corrected chi connectivity index (χ3v) is 2.59. The highest BCUT2D eigenvalue weighted by atomic mass is 15.0. The van der Waals surface area contributed by atoms with Crippen LogP contribution in [0.15, 0.2) is 0 Å². The summed E-state index contributed by atoms with van der Waals surface area (Å²) in [5.41, 5.74) is 0.238. The third-order valence-electron chi connectivity index (χ3n) is 2.59. The SMILES string of the molecule is CNC(C)(C)CNC1CC1C. The summed E-state index contributed by atoms with van der Waals surface area (Å²) < 4.78 is 0. The van der Waals surface area contributed by atoms with Gasteiger partial charge in [0.05, 0.1) is 0 Å². The quantitative estimate of drug-likeness (QED) is 0.634. The summed E-state index contributed by atoms with van der Waals surface area (Å²) in [6, 6.07) is 0.794. The molecule has 11 heavy (non-hydrogen) atoms. The first-order valence-electron chi connectivity index (χ1n) is 4.47. The molecule has 2 N–H and O–H groups in total. The van der Waals surface area contributed by atoms with Crippen molar-refractivity contribution < 1.29 is 0 Å². The van der Waals surface area contributed by atoms with Crippen molar-refractivity contribution in [3.8, 4) is 0 Å². The Hall–Kier alpha value is -0.0800. The predicted molar refractivity (Wildman–Crippen MR) is 48.7 cm³/mol. The smallest absolute Gasteiger partial charge is 0.0246 e. The number of hydrogen-bond acceptors (Lipinski definition) is 2. The summed E-state index contributed by atoms with van der Waals surface area (Å²) in [6.07, 6.45) is 1.36. The highest BCUT2D eigenvalue weighted by Crippen LogP contribution is 2.29. The number of likely N-dealkylation sites (N-methyl/N-ethyl adjacent to an activating group) is 1. The Morgan fingerprint density at radius 2 is 2.00 bits per heavy atom. The van der Waals surface area contributed by atoms with E-state index < -0.39 is 0 Å². The average Bonchev–Trinajstić information content (AvgIpc) is 2.63. The largest absolute Gasteiger partial charge is 0.314 e. The van der Waals surface area contributed by atoms with E-state index in [1.807, 2.05) is 7.05 Å². The molecule has 0 heterocycles. The summed E-state index contributed by atoms with van der Waals surface area (Å²) in [7, 11) is 2.01. The van der Waals surface area contributed by atoms with E-state index in [4.69, 9.17) is 0 Å². The van der Waals surface area contributed by atoms with E-state index in [0.717, 1.165) is 18.5 Å². The van der Waals surface area contributed by atoms with E-state index in [1.54, 1.807) is 0 Å². The molecule has 0 spiro atoms. The van der Waals surface area contributed by atoms with Gasteiger partial charge in [-0.15, -0.1) is 0 Å². The zero-order valence-corrected chi connectivity index (χ0v) is 8.07. The molecular weight excluding hydrogens is 136 g/mol. The van der Waals surface area contributed by atoms with Crippen LogP contribution >= 0.6 is 0 Å². The Balaban J connectivity index is 2.11. The van der Waals surface area contributed by atoms with Gasteiger partial charge >= 0.3 is 0 Å². The maximum atomic E-state index is 3.54. The van der Waals surface area contributed by atoms with Gasteiger partial charge in [-0.1, -0.05) is 6.92 Å². The lowest BCUT2D eigenvalue weighted by atomic mass is 10.1. The van der Waals surface area contributed by atoms with E-state index in [2.05, 4.69) is 31.4 Å². The molecule has 0 saturated heterocycles. The van der Waals surface area contributed by atoms with Gasteiger partial charge in [0, 0.05) is 18.1 Å². The van der Waals surface area contributed by atoms with Crippen molar-refractivity contribution >= 4 is 0 Å². The van der Waals surface area contributed by atoms with E-state index in [1.165, 1.54) is 6.42 Å². The molecule has 0 radical (unpaired) electrons. The minimum Gasteiger partial charge on any atom is -0.314 e. The van der Waals surface area contributed by atoms with Crippen molar-refractivity contribution in [2.24, 2.45) is 5.92 Å². The molecule has 2 nitrogen and oxygen atoms in total. The summed E-state index contributed by atoms with van der Waals surface area (Å²) in [5.74, 6) is 0.905. The van der Waals surface area contributed by atoms with Crippen LogP contribution in [0.1, 0.15) is 27.2 Å². The average molecular weight is 156 g/mol. The zero-order valence-electron chi connectivity index (χ0n) is 8.07. The van der Waals surface area contributed by atoms with Crippen LogP contribution in [0, 0.1) is 5.92 Å². The van der Waals surface area contributed by atoms with E-state index in [0.29, 0.717) is 0 Å². The topological polar surface area (TPSA) is 24.1 Å². The van der Waals surface area contributed by atoms with Gasteiger partial charge in [-0.3, -0.25) is 0 Å². The lowest BCUT2D eigenvalue weighted by Gasteiger charge is -2.24. The molecule has 2 heteroatoms. The standard InChI is InChI=1S/C9H20N2/c1-7-5-8(7)11-6-9(2,3)10-4/h7-8,10-11H,5-6H2,1-4H3. The van der Waals surface area contributed by atoms with Gasteiger partial charge in [0.15, 0.2) is 0 Å². The molecule has 2 atom stereocenters. The molecule has 0 aliphatic heterocycles. The third kappa shape index (κ3) is 2.80. The fourth-order valence-corrected chi connectivity index (χ4v) is 1.08. The maximum Gasteiger partial charge on any atom is 0.0246 e. The molecule has 1 fully saturated rings. The second kappa shape index (κ2) is 3.11. The van der Waals surface area contributed by atoms with Crippen LogP contribution in [0.25, 0.3) is 0 Å². The van der Waals surface area contributed by atoms with Crippen LogP contribution in [0.2, 0.25) is 0 Å². The Bertz CT molecular complexity index is 132. The van der Waals surface area contributed by atoms with E-state index >= 15 is 0 Å². The Labute approximate surface area is 69.8 Å². The monoisotopic (exact) mass is 156 g/mol. The summed E-state index contributed by atoms with van der Waals surface area (Å²) in [4.78, 5) is 0. The second-order valence-corrected chi connectivity index (χ2v) is 4.33. The molecule has 0 aromatic carbocycles. The van der Waals surface area contributed by atoms with Gasteiger partial charge in [0.25, 0.3) is 0 Å². The van der Waals surface area contributed by atoms with Crippen LogP contribution in [-0.2, 0) is 0 Å². The van der Waals surface area contributed by atoms with Crippen molar-refractivity contribution in [2.45, 2.75) is 38.8 Å². The molecule has 1 aliphatic rings. The van der Waals surface area contributed by atoms with Crippen molar-refractivity contribution in [1.82, 2.24) is 10.6 Å². The molecule has 0 aromatic rings. The van der Waals surface area contributed by atoms with Crippen LogP contribution in [0.5, 0.6) is 0 Å². The highest BCUT2D eigenvalue weighted by molar-refractivity contribution is 4.92. The first-order chi connectivity index (χ1) is 5.05. The summed E-state index contributed by atoms with van der Waals surface area (Å²) in [6.45, 7) is 7.79. The molecule has 66 valence electrons. The number of hydrogen-bond donors (Lipinski definition) is 2. The molecule has 1 rings (SSSR count). The van der Waals surface area contributed by atoms with Crippen LogP contribution in [0.4, 0.5) is 0 Å². The maximum absolute atomic E-state index is 3.54. The van der Waals surface area contributed by atoms with Crippen LogP contribution < -0.4 is 10.6 Å². The van der Waals surface area contributed by atoms with Gasteiger partial charge in [-0.2, -0.15) is 0 Å². The molecule has 0 amide bonds. The Morgan fingerprint density at radius 1 is 1.45 bits per heavy atom. The molecular formula is C9H20N2. The molecule has 1 aliphatic carbocycles. The molecule has 2 unspecified atom stereocenters. The van der Waals surface area contributed by atoms with Crippen LogP contribution in [-0.4, -0.2) is 25.2 Å². The van der Waals surface area contributed by atoms with E-state index in [9.17, 15) is 0 Å². The fraction of sp³-hybridized carbons (Fsp3) is 1.00. The first kappa shape index (κ1) is 9.01. The van der Waals surface area contributed by atoms with Gasteiger partial charge in [-0.25, -0.2) is 0 Å². The highest BCUT2D eigenvalue weighted by Gasteiger charge is 2.33. The zero-order chi connectivity index (χ0) is 8.48. The van der Waals surface area contributed by atoms with Crippen molar-refractivity contribution in [3.05, 3.63) is 0 Å². The van der Waals surface area contributed by atoms with Crippen molar-refractivity contribution in [2.75, 3.05) is 13.6 Å². The normalized spacial score (nSPS) is 30.5. The molecule has 0 aromatic heterocycles. The second-order valence-electron chi connectivity index (χ2n) is 4.33. The predicted octanol–water partition coefficient (Wildman–Crippen LogP) is 0.982. The lowest BCUT2D eigenvalue weighted by molar-refractivity contribution is 0.389. The van der Waals surface area contributed by atoms with Gasteiger partial charge in [0.1, 0.15) is 0 Å². The van der Waals surface area contributed by atoms with Crippen LogP contribution in [0.3, 0.4) is 0 Å². The van der Waals surface area contributed by atoms with Gasteiger partial charge < -0.3 is 10.6 Å². The Morgan fingerprint density at radius 3 is 2.36 bits per heavy atom. The minimum absolute atomic E-state index is 0.238. The lowest BCUT2D eigenvalue weighted by Crippen LogP contribution is -2.46. The van der Waals surface area contributed by atoms with Crippen molar-refractivity contribution in [1.29, 1.82) is 0 Å². The minimum atomic E-state index is 0.238. The summed E-state index contributed by atoms with van der Waals surface area (Å²) in [5, 5.41) is 6.81. The van der Waals surface area contributed by atoms with Gasteiger partial charge in [-0.05, 0) is 33.2 Å². The first-order valence-corrected chi connectivity index (χ1v) is 4.47. The number of nitrogens with one attached hydrogen (secondary N) is 2.